The van der Waals surface area contributed by atoms with Gasteiger partial charge in [-0.05, 0) is 36.7 Å². The number of halogens is 1. The predicted molar refractivity (Wildman–Crippen MR) is 56.3 cm³/mol. The summed E-state index contributed by atoms with van der Waals surface area (Å²) in [6.07, 6.45) is 0.969. The maximum absolute atomic E-state index is 11.3. The highest BCUT2D eigenvalue weighted by atomic mass is 79.9. The number of carbonyl (C=O) groups is 1. The topological polar surface area (TPSA) is 51.5 Å². The van der Waals surface area contributed by atoms with Crippen LogP contribution >= 0.6 is 15.9 Å². The summed E-state index contributed by atoms with van der Waals surface area (Å²) in [7, 11) is 0. The molecule has 5 heteroatoms. The first-order valence-electron chi connectivity index (χ1n) is 4.11. The van der Waals surface area contributed by atoms with Crippen molar-refractivity contribution in [1.29, 1.82) is 0 Å². The van der Waals surface area contributed by atoms with Crippen LogP contribution in [0.15, 0.2) is 21.4 Å². The Bertz CT molecular complexity index is 327. The molecule has 1 N–H and O–H groups in total. The number of hydrogen-bond acceptors (Lipinski definition) is 3. The molecule has 0 atom stereocenters. The molecule has 0 aliphatic heterocycles. The van der Waals surface area contributed by atoms with Crippen LogP contribution in [0.1, 0.15) is 20.8 Å². The lowest BCUT2D eigenvalue weighted by Crippen LogP contribution is -2.27. The van der Waals surface area contributed by atoms with Gasteiger partial charge in [0, 0.05) is 6.07 Å². The Labute approximate surface area is 90.7 Å². The molecule has 0 aromatic carbocycles. The Morgan fingerprint density at radius 1 is 1.57 bits per heavy atom. The summed E-state index contributed by atoms with van der Waals surface area (Å²) in [6.45, 7) is 5.41. The lowest BCUT2D eigenvalue weighted by atomic mass is 10.2. The molecule has 0 saturated carbocycles. The van der Waals surface area contributed by atoms with Gasteiger partial charge >= 0.3 is 6.09 Å². The highest BCUT2D eigenvalue weighted by Crippen LogP contribution is 2.23. The number of ether oxygens (including phenoxy) is 1. The summed E-state index contributed by atoms with van der Waals surface area (Å²) in [6, 6.07) is 1.63. The first-order valence-corrected chi connectivity index (χ1v) is 4.91. The molecule has 0 aliphatic rings. The van der Waals surface area contributed by atoms with E-state index in [-0.39, 0.29) is 0 Å². The Hall–Kier alpha value is -0.970. The molecule has 1 aromatic heterocycles. The summed E-state index contributed by atoms with van der Waals surface area (Å²) in [5, 5.41) is 2.54. The van der Waals surface area contributed by atoms with Gasteiger partial charge in [0.2, 0.25) is 0 Å². The average Bonchev–Trinajstić information content (AvgIpc) is 2.32. The zero-order valence-electron chi connectivity index (χ0n) is 8.26. The number of hydrogen-bond donors (Lipinski definition) is 1. The first-order chi connectivity index (χ1) is 6.38. The van der Waals surface area contributed by atoms with E-state index in [9.17, 15) is 4.79 Å². The van der Waals surface area contributed by atoms with Gasteiger partial charge in [0.25, 0.3) is 0 Å². The van der Waals surface area contributed by atoms with Crippen LogP contribution in [0.25, 0.3) is 0 Å². The quantitative estimate of drug-likeness (QED) is 0.843. The number of nitrogens with one attached hydrogen (secondary N) is 1. The first kappa shape index (κ1) is 11.1. The molecule has 14 heavy (non-hydrogen) atoms. The van der Waals surface area contributed by atoms with E-state index in [0.29, 0.717) is 10.4 Å². The SMILES string of the molecule is CC(C)(C)OC(=O)Nc1ccoc1Br. The molecule has 0 fully saturated rings. The number of amides is 1. The summed E-state index contributed by atoms with van der Waals surface area (Å²) < 4.78 is 10.5. The fourth-order valence-corrected chi connectivity index (χ4v) is 1.13. The molecule has 1 heterocycles. The largest absolute Gasteiger partial charge is 0.455 e. The third kappa shape index (κ3) is 3.41. The zero-order valence-corrected chi connectivity index (χ0v) is 9.84. The van der Waals surface area contributed by atoms with Crippen LogP contribution in [-0.4, -0.2) is 11.7 Å². The second-order valence-corrected chi connectivity index (χ2v) is 4.46. The van der Waals surface area contributed by atoms with E-state index in [1.54, 1.807) is 26.8 Å². The van der Waals surface area contributed by atoms with Gasteiger partial charge in [-0.3, -0.25) is 5.32 Å². The fourth-order valence-electron chi connectivity index (χ4n) is 0.795. The van der Waals surface area contributed by atoms with E-state index in [0.717, 1.165) is 0 Å². The molecule has 78 valence electrons. The minimum absolute atomic E-state index is 0.475. The van der Waals surface area contributed by atoms with Crippen molar-refractivity contribution in [3.63, 3.8) is 0 Å². The molecular formula is C9H12BrNO3. The summed E-state index contributed by atoms with van der Waals surface area (Å²) in [5.41, 5.74) is 0.0552. The van der Waals surface area contributed by atoms with Gasteiger partial charge in [-0.15, -0.1) is 0 Å². The van der Waals surface area contributed by atoms with Crippen molar-refractivity contribution in [1.82, 2.24) is 0 Å². The lowest BCUT2D eigenvalue weighted by Gasteiger charge is -2.19. The van der Waals surface area contributed by atoms with E-state index in [1.807, 2.05) is 0 Å². The van der Waals surface area contributed by atoms with Crippen LogP contribution < -0.4 is 5.32 Å². The van der Waals surface area contributed by atoms with Crippen molar-refractivity contribution in [2.75, 3.05) is 5.32 Å². The van der Waals surface area contributed by atoms with Crippen LogP contribution in [0.4, 0.5) is 10.5 Å². The van der Waals surface area contributed by atoms with Crippen LogP contribution in [0.5, 0.6) is 0 Å². The van der Waals surface area contributed by atoms with Gasteiger partial charge in [0.05, 0.1) is 12.0 Å². The van der Waals surface area contributed by atoms with Gasteiger partial charge in [-0.2, -0.15) is 0 Å². The Morgan fingerprint density at radius 3 is 2.64 bits per heavy atom. The minimum Gasteiger partial charge on any atom is -0.455 e. The van der Waals surface area contributed by atoms with Crippen molar-refractivity contribution in [2.24, 2.45) is 0 Å². The third-order valence-electron chi connectivity index (χ3n) is 1.25. The number of rotatable bonds is 1. The molecule has 0 radical (unpaired) electrons. The highest BCUT2D eigenvalue weighted by molar-refractivity contribution is 9.10. The van der Waals surface area contributed by atoms with Gasteiger partial charge in [0.1, 0.15) is 5.60 Å². The van der Waals surface area contributed by atoms with Crippen molar-refractivity contribution < 1.29 is 13.9 Å². The molecule has 0 saturated heterocycles. The average molecular weight is 262 g/mol. The molecule has 0 bridgehead atoms. The Balaban J connectivity index is 2.54. The summed E-state index contributed by atoms with van der Waals surface area (Å²) in [4.78, 5) is 11.3. The lowest BCUT2D eigenvalue weighted by molar-refractivity contribution is 0.0635. The molecule has 0 unspecified atom stereocenters. The standard InChI is InChI=1S/C9H12BrNO3/c1-9(2,3)14-8(12)11-6-4-5-13-7(6)10/h4-5H,1-3H3,(H,11,12). The third-order valence-corrected chi connectivity index (χ3v) is 1.87. The molecular weight excluding hydrogens is 250 g/mol. The normalized spacial score (nSPS) is 11.1. The van der Waals surface area contributed by atoms with Crippen LogP contribution in [0, 0.1) is 0 Å². The van der Waals surface area contributed by atoms with Crippen LogP contribution in [-0.2, 0) is 4.74 Å². The summed E-state index contributed by atoms with van der Waals surface area (Å²) >= 11 is 3.14. The van der Waals surface area contributed by atoms with E-state index in [2.05, 4.69) is 21.2 Å². The number of carbonyl (C=O) groups excluding carboxylic acids is 1. The highest BCUT2D eigenvalue weighted by Gasteiger charge is 2.17. The van der Waals surface area contributed by atoms with Gasteiger partial charge in [-0.1, -0.05) is 0 Å². The molecule has 1 aromatic rings. The second-order valence-electron chi connectivity index (χ2n) is 3.73. The molecule has 1 amide bonds. The van der Waals surface area contributed by atoms with Gasteiger partial charge in [-0.25, -0.2) is 4.79 Å². The maximum atomic E-state index is 11.3. The molecule has 4 nitrogen and oxygen atoms in total. The Morgan fingerprint density at radius 2 is 2.21 bits per heavy atom. The fraction of sp³-hybridized carbons (Fsp3) is 0.444. The number of furan rings is 1. The van der Waals surface area contributed by atoms with E-state index in [1.165, 1.54) is 6.26 Å². The number of anilines is 1. The van der Waals surface area contributed by atoms with Crippen LogP contribution in [0.3, 0.4) is 0 Å². The van der Waals surface area contributed by atoms with Crippen molar-refractivity contribution in [2.45, 2.75) is 26.4 Å². The van der Waals surface area contributed by atoms with Gasteiger partial charge in [0.15, 0.2) is 4.67 Å². The molecule has 1 rings (SSSR count). The van der Waals surface area contributed by atoms with Crippen molar-refractivity contribution >= 4 is 27.7 Å². The smallest absolute Gasteiger partial charge is 0.412 e. The Kier molecular flexibility index (Phi) is 3.21. The predicted octanol–water partition coefficient (Wildman–Crippen LogP) is 3.39. The monoisotopic (exact) mass is 261 g/mol. The van der Waals surface area contributed by atoms with E-state index in [4.69, 9.17) is 9.15 Å². The van der Waals surface area contributed by atoms with Crippen molar-refractivity contribution in [3.05, 3.63) is 17.0 Å². The van der Waals surface area contributed by atoms with E-state index >= 15 is 0 Å². The van der Waals surface area contributed by atoms with Crippen LogP contribution in [0.2, 0.25) is 0 Å². The van der Waals surface area contributed by atoms with Gasteiger partial charge < -0.3 is 9.15 Å². The summed E-state index contributed by atoms with van der Waals surface area (Å²) in [5.74, 6) is 0. The second kappa shape index (κ2) is 4.04. The van der Waals surface area contributed by atoms with E-state index < -0.39 is 11.7 Å². The zero-order chi connectivity index (χ0) is 10.8. The molecule has 0 aliphatic carbocycles. The molecule has 0 spiro atoms. The van der Waals surface area contributed by atoms with Crippen molar-refractivity contribution in [3.8, 4) is 0 Å². The minimum atomic E-state index is -0.500. The maximum Gasteiger partial charge on any atom is 0.412 e.